The monoisotopic (exact) mass is 350 g/mol. The van der Waals surface area contributed by atoms with Crippen LogP contribution in [0.3, 0.4) is 0 Å². The van der Waals surface area contributed by atoms with Gasteiger partial charge in [-0.25, -0.2) is 0 Å². The number of anilines is 1. The molecule has 0 unspecified atom stereocenters. The van der Waals surface area contributed by atoms with E-state index >= 15 is 0 Å². The summed E-state index contributed by atoms with van der Waals surface area (Å²) in [7, 11) is 1.66. The molecule has 0 amide bonds. The van der Waals surface area contributed by atoms with E-state index in [0.717, 1.165) is 27.0 Å². The molecule has 0 spiro atoms. The number of ether oxygens (including phenoxy) is 1. The van der Waals surface area contributed by atoms with Crippen molar-refractivity contribution in [2.75, 3.05) is 12.4 Å². The first-order valence-corrected chi connectivity index (χ1v) is 7.26. The molecule has 20 heavy (non-hydrogen) atoms. The SMILES string of the molecule is COc1cccc(CNc2ccc(Br)cc2C(N)=S)c1. The largest absolute Gasteiger partial charge is 0.497 e. The first-order chi connectivity index (χ1) is 9.60. The first kappa shape index (κ1) is 14.8. The fourth-order valence-electron chi connectivity index (χ4n) is 1.85. The van der Waals surface area contributed by atoms with Crippen LogP contribution < -0.4 is 15.8 Å². The summed E-state index contributed by atoms with van der Waals surface area (Å²) in [6, 6.07) is 13.7. The van der Waals surface area contributed by atoms with Crippen LogP contribution in [0.5, 0.6) is 5.75 Å². The second kappa shape index (κ2) is 6.72. The van der Waals surface area contributed by atoms with Crippen molar-refractivity contribution in [1.29, 1.82) is 0 Å². The van der Waals surface area contributed by atoms with Crippen LogP contribution in [-0.2, 0) is 6.54 Å². The summed E-state index contributed by atoms with van der Waals surface area (Å²) >= 11 is 8.50. The lowest BCUT2D eigenvalue weighted by atomic mass is 10.1. The highest BCUT2D eigenvalue weighted by atomic mass is 79.9. The Morgan fingerprint density at radius 1 is 1.30 bits per heavy atom. The van der Waals surface area contributed by atoms with Gasteiger partial charge in [0, 0.05) is 22.3 Å². The number of methoxy groups -OCH3 is 1. The smallest absolute Gasteiger partial charge is 0.119 e. The Morgan fingerprint density at radius 2 is 2.10 bits per heavy atom. The summed E-state index contributed by atoms with van der Waals surface area (Å²) < 4.78 is 6.16. The van der Waals surface area contributed by atoms with Crippen molar-refractivity contribution < 1.29 is 4.74 Å². The quantitative estimate of drug-likeness (QED) is 0.807. The number of nitrogens with two attached hydrogens (primary N) is 1. The van der Waals surface area contributed by atoms with E-state index in [-0.39, 0.29) is 0 Å². The first-order valence-electron chi connectivity index (χ1n) is 6.06. The molecule has 0 atom stereocenters. The molecule has 3 nitrogen and oxygen atoms in total. The molecule has 0 aliphatic carbocycles. The van der Waals surface area contributed by atoms with Crippen LogP contribution in [-0.4, -0.2) is 12.1 Å². The van der Waals surface area contributed by atoms with E-state index in [9.17, 15) is 0 Å². The summed E-state index contributed by atoms with van der Waals surface area (Å²) in [6.45, 7) is 0.675. The number of thiocarbonyl (C=S) groups is 1. The summed E-state index contributed by atoms with van der Waals surface area (Å²) in [6.07, 6.45) is 0. The Hall–Kier alpha value is -1.59. The van der Waals surface area contributed by atoms with E-state index in [2.05, 4.69) is 21.2 Å². The molecule has 0 saturated carbocycles. The summed E-state index contributed by atoms with van der Waals surface area (Å²) in [5.74, 6) is 0.842. The van der Waals surface area contributed by atoms with Gasteiger partial charge < -0.3 is 15.8 Å². The lowest BCUT2D eigenvalue weighted by Gasteiger charge is -2.12. The molecule has 0 aromatic heterocycles. The van der Waals surface area contributed by atoms with Gasteiger partial charge in [-0.3, -0.25) is 0 Å². The minimum atomic E-state index is 0.374. The van der Waals surface area contributed by atoms with Crippen LogP contribution >= 0.6 is 28.1 Å². The number of halogens is 1. The van der Waals surface area contributed by atoms with Crippen LogP contribution in [0.25, 0.3) is 0 Å². The Kier molecular flexibility index (Phi) is 4.98. The van der Waals surface area contributed by atoms with Gasteiger partial charge in [-0.1, -0.05) is 40.3 Å². The highest BCUT2D eigenvalue weighted by Crippen LogP contribution is 2.22. The maximum Gasteiger partial charge on any atom is 0.119 e. The minimum Gasteiger partial charge on any atom is -0.497 e. The van der Waals surface area contributed by atoms with E-state index in [0.29, 0.717) is 11.5 Å². The van der Waals surface area contributed by atoms with Gasteiger partial charge in [0.25, 0.3) is 0 Å². The van der Waals surface area contributed by atoms with Crippen LogP contribution in [0.15, 0.2) is 46.9 Å². The molecule has 2 rings (SSSR count). The van der Waals surface area contributed by atoms with Gasteiger partial charge in [-0.2, -0.15) is 0 Å². The van der Waals surface area contributed by atoms with Crippen LogP contribution in [0.2, 0.25) is 0 Å². The third kappa shape index (κ3) is 3.71. The summed E-state index contributed by atoms with van der Waals surface area (Å²) in [5.41, 5.74) is 8.63. The van der Waals surface area contributed by atoms with Gasteiger partial charge in [0.2, 0.25) is 0 Å². The van der Waals surface area contributed by atoms with Crippen LogP contribution in [0, 0.1) is 0 Å². The molecule has 104 valence electrons. The zero-order chi connectivity index (χ0) is 14.5. The van der Waals surface area contributed by atoms with Gasteiger partial charge in [-0.05, 0) is 35.9 Å². The number of benzene rings is 2. The molecule has 0 aliphatic rings. The lowest BCUT2D eigenvalue weighted by molar-refractivity contribution is 0.414. The average molecular weight is 351 g/mol. The van der Waals surface area contributed by atoms with E-state index in [4.69, 9.17) is 22.7 Å². The maximum atomic E-state index is 5.75. The van der Waals surface area contributed by atoms with Gasteiger partial charge >= 0.3 is 0 Å². The molecule has 0 saturated heterocycles. The van der Waals surface area contributed by atoms with Gasteiger partial charge in [-0.15, -0.1) is 0 Å². The highest BCUT2D eigenvalue weighted by molar-refractivity contribution is 9.10. The molecule has 0 heterocycles. The van der Waals surface area contributed by atoms with Crippen LogP contribution in [0.1, 0.15) is 11.1 Å². The predicted octanol–water partition coefficient (Wildman–Crippen LogP) is 3.70. The van der Waals surface area contributed by atoms with E-state index < -0.39 is 0 Å². The zero-order valence-electron chi connectivity index (χ0n) is 11.0. The molecule has 3 N–H and O–H groups in total. The van der Waals surface area contributed by atoms with Crippen molar-refractivity contribution >= 4 is 38.8 Å². The third-order valence-electron chi connectivity index (χ3n) is 2.86. The molecule has 0 fully saturated rings. The Balaban J connectivity index is 2.16. The number of hydrogen-bond donors (Lipinski definition) is 2. The topological polar surface area (TPSA) is 47.3 Å². The molecule has 0 bridgehead atoms. The normalized spacial score (nSPS) is 10.1. The summed E-state index contributed by atoms with van der Waals surface area (Å²) in [5, 5.41) is 3.35. The minimum absolute atomic E-state index is 0.374. The number of nitrogens with one attached hydrogen (secondary N) is 1. The molecule has 0 aliphatic heterocycles. The summed E-state index contributed by atoms with van der Waals surface area (Å²) in [4.78, 5) is 0.374. The third-order valence-corrected chi connectivity index (χ3v) is 3.58. The number of rotatable bonds is 5. The average Bonchev–Trinajstić information content (AvgIpc) is 2.46. The Morgan fingerprint density at radius 3 is 2.80 bits per heavy atom. The lowest BCUT2D eigenvalue weighted by Crippen LogP contribution is -2.13. The number of hydrogen-bond acceptors (Lipinski definition) is 3. The van der Waals surface area contributed by atoms with E-state index in [1.54, 1.807) is 7.11 Å². The van der Waals surface area contributed by atoms with Gasteiger partial charge in [0.15, 0.2) is 0 Å². The molecular formula is C15H15BrN2OS. The fraction of sp³-hybridized carbons (Fsp3) is 0.133. The Labute approximate surface area is 132 Å². The van der Waals surface area contributed by atoms with Gasteiger partial charge in [0.1, 0.15) is 10.7 Å². The highest BCUT2D eigenvalue weighted by Gasteiger charge is 2.06. The van der Waals surface area contributed by atoms with Crippen molar-refractivity contribution in [1.82, 2.24) is 0 Å². The Bertz CT molecular complexity index is 631. The second-order valence-electron chi connectivity index (χ2n) is 4.26. The van der Waals surface area contributed by atoms with Crippen molar-refractivity contribution in [3.05, 3.63) is 58.1 Å². The van der Waals surface area contributed by atoms with Crippen molar-refractivity contribution in [3.63, 3.8) is 0 Å². The maximum absolute atomic E-state index is 5.75. The standard InChI is InChI=1S/C15H15BrN2OS/c1-19-12-4-2-3-10(7-12)9-18-14-6-5-11(16)8-13(14)15(17)20/h2-8,18H,9H2,1H3,(H2,17,20). The van der Waals surface area contributed by atoms with Gasteiger partial charge in [0.05, 0.1) is 7.11 Å². The molecule has 2 aromatic carbocycles. The zero-order valence-corrected chi connectivity index (χ0v) is 13.4. The van der Waals surface area contributed by atoms with Crippen LogP contribution in [0.4, 0.5) is 5.69 Å². The molecule has 2 aromatic rings. The van der Waals surface area contributed by atoms with Crippen molar-refractivity contribution in [2.24, 2.45) is 5.73 Å². The molecule has 0 radical (unpaired) electrons. The van der Waals surface area contributed by atoms with Crippen molar-refractivity contribution in [3.8, 4) is 5.75 Å². The fourth-order valence-corrected chi connectivity index (χ4v) is 2.38. The second-order valence-corrected chi connectivity index (χ2v) is 5.61. The van der Waals surface area contributed by atoms with E-state index in [1.165, 1.54) is 0 Å². The van der Waals surface area contributed by atoms with Crippen molar-refractivity contribution in [2.45, 2.75) is 6.54 Å². The predicted molar refractivity (Wildman–Crippen MR) is 90.4 cm³/mol. The molecule has 5 heteroatoms. The molecular weight excluding hydrogens is 336 g/mol. The van der Waals surface area contributed by atoms with E-state index in [1.807, 2.05) is 42.5 Å².